The average molecular weight is 260 g/mol. The number of rotatable bonds is 5. The van der Waals surface area contributed by atoms with Crippen molar-refractivity contribution in [3.05, 3.63) is 33.8 Å². The van der Waals surface area contributed by atoms with Crippen LogP contribution in [-0.4, -0.2) is 15.0 Å². The van der Waals surface area contributed by atoms with Gasteiger partial charge in [0.15, 0.2) is 5.69 Å². The molecule has 0 amide bonds. The Morgan fingerprint density at radius 1 is 1.50 bits per heavy atom. The number of nitrogens with zero attached hydrogens (tertiary/aromatic N) is 4. The Morgan fingerprint density at radius 2 is 2.33 bits per heavy atom. The van der Waals surface area contributed by atoms with Gasteiger partial charge < -0.3 is 0 Å². The fourth-order valence-corrected chi connectivity index (χ4v) is 2.44. The van der Waals surface area contributed by atoms with Crippen molar-refractivity contribution in [2.75, 3.05) is 0 Å². The lowest BCUT2D eigenvalue weighted by molar-refractivity contribution is 0.469. The zero-order chi connectivity index (χ0) is 13.0. The summed E-state index contributed by atoms with van der Waals surface area (Å²) in [5.41, 5.74) is 1.38. The van der Waals surface area contributed by atoms with Crippen molar-refractivity contribution in [2.45, 2.75) is 33.2 Å². The van der Waals surface area contributed by atoms with Gasteiger partial charge >= 0.3 is 0 Å². The van der Waals surface area contributed by atoms with E-state index >= 15 is 0 Å². The van der Waals surface area contributed by atoms with Gasteiger partial charge in [-0.25, -0.2) is 4.68 Å². The van der Waals surface area contributed by atoms with E-state index in [1.807, 2.05) is 16.1 Å². The van der Waals surface area contributed by atoms with Crippen molar-refractivity contribution in [1.29, 1.82) is 5.26 Å². The van der Waals surface area contributed by atoms with Crippen LogP contribution in [0.4, 0.5) is 0 Å². The molecule has 0 bridgehead atoms. The number of aromatic nitrogens is 3. The van der Waals surface area contributed by atoms with E-state index in [4.69, 9.17) is 5.26 Å². The molecule has 0 aliphatic rings. The summed E-state index contributed by atoms with van der Waals surface area (Å²) in [6, 6.07) is 6.22. The number of nitriles is 1. The summed E-state index contributed by atoms with van der Waals surface area (Å²) in [5.74, 6) is 0.620. The van der Waals surface area contributed by atoms with Crippen LogP contribution < -0.4 is 0 Å². The van der Waals surface area contributed by atoms with Gasteiger partial charge in [-0.1, -0.05) is 25.1 Å². The van der Waals surface area contributed by atoms with E-state index in [-0.39, 0.29) is 0 Å². The molecule has 2 heterocycles. The zero-order valence-electron chi connectivity index (χ0n) is 10.6. The molecule has 0 saturated heterocycles. The third kappa shape index (κ3) is 2.96. The van der Waals surface area contributed by atoms with E-state index < -0.39 is 0 Å². The molecule has 0 saturated carbocycles. The van der Waals surface area contributed by atoms with Gasteiger partial charge in [0, 0.05) is 17.8 Å². The van der Waals surface area contributed by atoms with Crippen LogP contribution in [0, 0.1) is 17.2 Å². The first-order valence-electron chi connectivity index (χ1n) is 6.05. The molecule has 94 valence electrons. The highest BCUT2D eigenvalue weighted by Crippen LogP contribution is 2.17. The van der Waals surface area contributed by atoms with Gasteiger partial charge in [0.2, 0.25) is 0 Å². The SMILES string of the molecule is CC(C)CCn1nnc(C#N)c1Cc1cccs1. The van der Waals surface area contributed by atoms with Crippen LogP contribution in [0.15, 0.2) is 17.5 Å². The van der Waals surface area contributed by atoms with E-state index in [0.29, 0.717) is 11.6 Å². The Kier molecular flexibility index (Phi) is 4.11. The molecule has 18 heavy (non-hydrogen) atoms. The third-order valence-corrected chi connectivity index (χ3v) is 3.66. The molecule has 2 rings (SSSR count). The minimum atomic E-state index is 0.451. The van der Waals surface area contributed by atoms with Crippen LogP contribution in [0.2, 0.25) is 0 Å². The van der Waals surface area contributed by atoms with Crippen LogP contribution in [0.5, 0.6) is 0 Å². The van der Waals surface area contributed by atoms with Crippen LogP contribution in [0.25, 0.3) is 0 Å². The van der Waals surface area contributed by atoms with Crippen molar-refractivity contribution < 1.29 is 0 Å². The predicted octanol–water partition coefficient (Wildman–Crippen LogP) is 2.85. The van der Waals surface area contributed by atoms with Gasteiger partial charge in [-0.2, -0.15) is 5.26 Å². The predicted molar refractivity (Wildman–Crippen MR) is 71.3 cm³/mol. The lowest BCUT2D eigenvalue weighted by Crippen LogP contribution is -2.08. The minimum Gasteiger partial charge on any atom is -0.248 e. The number of hydrogen-bond acceptors (Lipinski definition) is 4. The standard InChI is InChI=1S/C13H16N4S/c1-10(2)5-6-17-13(12(9-14)15-16-17)8-11-4-3-7-18-11/h3-4,7,10H,5-6,8H2,1-2H3. The Balaban J connectivity index is 2.20. The van der Waals surface area contributed by atoms with Crippen LogP contribution in [0.3, 0.4) is 0 Å². The Bertz CT molecular complexity index is 534. The molecule has 0 aliphatic carbocycles. The number of aryl methyl sites for hydroxylation is 1. The van der Waals surface area contributed by atoms with E-state index in [2.05, 4.69) is 36.3 Å². The van der Waals surface area contributed by atoms with E-state index in [1.54, 1.807) is 11.3 Å². The average Bonchev–Trinajstić information content (AvgIpc) is 2.97. The first-order valence-corrected chi connectivity index (χ1v) is 6.93. The first-order chi connectivity index (χ1) is 8.70. The molecule has 0 unspecified atom stereocenters. The zero-order valence-corrected chi connectivity index (χ0v) is 11.4. The van der Waals surface area contributed by atoms with E-state index in [1.165, 1.54) is 4.88 Å². The van der Waals surface area contributed by atoms with Crippen molar-refractivity contribution >= 4 is 11.3 Å². The monoisotopic (exact) mass is 260 g/mol. The highest BCUT2D eigenvalue weighted by Gasteiger charge is 2.13. The van der Waals surface area contributed by atoms with Gasteiger partial charge in [-0.3, -0.25) is 0 Å². The second kappa shape index (κ2) is 5.78. The summed E-state index contributed by atoms with van der Waals surface area (Å²) in [6.45, 7) is 5.19. The molecule has 0 fully saturated rings. The summed E-state index contributed by atoms with van der Waals surface area (Å²) in [5, 5.41) is 19.2. The fourth-order valence-electron chi connectivity index (χ4n) is 1.73. The third-order valence-electron chi connectivity index (χ3n) is 2.78. The molecule has 2 aromatic heterocycles. The van der Waals surface area contributed by atoms with Crippen LogP contribution in [0.1, 0.15) is 36.5 Å². The lowest BCUT2D eigenvalue weighted by Gasteiger charge is -2.07. The molecule has 0 spiro atoms. The Morgan fingerprint density at radius 3 is 2.94 bits per heavy atom. The van der Waals surface area contributed by atoms with Crippen LogP contribution in [-0.2, 0) is 13.0 Å². The summed E-state index contributed by atoms with van der Waals surface area (Å²) in [4.78, 5) is 1.24. The fraction of sp³-hybridized carbons (Fsp3) is 0.462. The summed E-state index contributed by atoms with van der Waals surface area (Å²) < 4.78 is 1.87. The maximum absolute atomic E-state index is 9.08. The Labute approximate surface area is 111 Å². The van der Waals surface area contributed by atoms with Crippen molar-refractivity contribution in [3.8, 4) is 6.07 Å². The van der Waals surface area contributed by atoms with Gasteiger partial charge in [-0.15, -0.1) is 16.4 Å². The quantitative estimate of drug-likeness (QED) is 0.830. The molecule has 0 atom stereocenters. The first kappa shape index (κ1) is 12.8. The molecule has 0 radical (unpaired) electrons. The van der Waals surface area contributed by atoms with Crippen molar-refractivity contribution in [2.24, 2.45) is 5.92 Å². The highest BCUT2D eigenvalue weighted by atomic mass is 32.1. The molecule has 4 nitrogen and oxygen atoms in total. The summed E-state index contributed by atoms with van der Waals surface area (Å²) in [7, 11) is 0. The van der Waals surface area contributed by atoms with Gasteiger partial charge in [0.05, 0.1) is 5.69 Å². The maximum atomic E-state index is 9.08. The number of hydrogen-bond donors (Lipinski definition) is 0. The summed E-state index contributed by atoms with van der Waals surface area (Å²) in [6.07, 6.45) is 1.79. The normalized spacial score (nSPS) is 10.8. The molecule has 2 aromatic rings. The Hall–Kier alpha value is -1.67. The minimum absolute atomic E-state index is 0.451. The largest absolute Gasteiger partial charge is 0.248 e. The van der Waals surface area contributed by atoms with Crippen molar-refractivity contribution in [3.63, 3.8) is 0 Å². The van der Waals surface area contributed by atoms with Gasteiger partial charge in [-0.05, 0) is 23.8 Å². The number of thiophene rings is 1. The smallest absolute Gasteiger partial charge is 0.186 e. The summed E-state index contributed by atoms with van der Waals surface area (Å²) >= 11 is 1.70. The second-order valence-electron chi connectivity index (χ2n) is 4.66. The topological polar surface area (TPSA) is 54.5 Å². The van der Waals surface area contributed by atoms with Gasteiger partial charge in [0.25, 0.3) is 0 Å². The van der Waals surface area contributed by atoms with Crippen LogP contribution >= 0.6 is 11.3 Å². The van der Waals surface area contributed by atoms with E-state index in [9.17, 15) is 0 Å². The molecular weight excluding hydrogens is 244 g/mol. The lowest BCUT2D eigenvalue weighted by atomic mass is 10.1. The molecule has 0 N–H and O–H groups in total. The molecule has 0 aromatic carbocycles. The highest BCUT2D eigenvalue weighted by molar-refractivity contribution is 7.09. The molecule has 5 heteroatoms. The maximum Gasteiger partial charge on any atom is 0.186 e. The molecule has 0 aliphatic heterocycles. The second-order valence-corrected chi connectivity index (χ2v) is 5.69. The molecular formula is C13H16N4S. The van der Waals surface area contributed by atoms with Crippen molar-refractivity contribution in [1.82, 2.24) is 15.0 Å². The van der Waals surface area contributed by atoms with Gasteiger partial charge in [0.1, 0.15) is 6.07 Å². The van der Waals surface area contributed by atoms with E-state index in [0.717, 1.165) is 25.1 Å².